The number of aromatic nitrogens is 2. The molecule has 0 N–H and O–H groups in total. The number of nitrogens with zero attached hydrogens (tertiary/aromatic N) is 4. The van der Waals surface area contributed by atoms with E-state index in [-0.39, 0.29) is 22.6 Å². The fourth-order valence-corrected chi connectivity index (χ4v) is 4.19. The van der Waals surface area contributed by atoms with E-state index in [9.17, 15) is 22.4 Å². The highest BCUT2D eigenvalue weighted by Gasteiger charge is 2.32. The highest BCUT2D eigenvalue weighted by atomic mass is 19.4. The van der Waals surface area contributed by atoms with Gasteiger partial charge in [0.05, 0.1) is 22.2 Å². The van der Waals surface area contributed by atoms with Gasteiger partial charge in [0.25, 0.3) is 5.56 Å². The Kier molecular flexibility index (Phi) is 5.70. The van der Waals surface area contributed by atoms with E-state index in [2.05, 4.69) is 23.7 Å². The second-order valence-electron chi connectivity index (χ2n) is 8.50. The Morgan fingerprint density at radius 3 is 2.38 bits per heavy atom. The molecule has 1 aliphatic heterocycles. The van der Waals surface area contributed by atoms with Crippen LogP contribution in [0.4, 0.5) is 23.5 Å². The van der Waals surface area contributed by atoms with Crippen LogP contribution in [0.2, 0.25) is 0 Å². The van der Waals surface area contributed by atoms with E-state index in [4.69, 9.17) is 0 Å². The fraction of sp³-hybridized carbons (Fsp3) is 0.391. The maximum atomic E-state index is 13.9. The standard InChI is InChI=1S/C23H24F4N4O/c1-14(2)20-13-30(11-10-29(20)3)22-28-19-12-16(24)6-9-18(19)21(32)31(22)17-7-4-15(5-8-17)23(25,26)27/h4-9,12,14,20H,10-11,13H2,1-3H3/t20-/m1/s1. The summed E-state index contributed by atoms with van der Waals surface area (Å²) in [5.41, 5.74) is -0.763. The lowest BCUT2D eigenvalue weighted by atomic mass is 10.0. The molecule has 0 unspecified atom stereocenters. The summed E-state index contributed by atoms with van der Waals surface area (Å²) in [5.74, 6) is 0.125. The van der Waals surface area contributed by atoms with Crippen molar-refractivity contribution >= 4 is 16.9 Å². The number of hydrogen-bond donors (Lipinski definition) is 0. The SMILES string of the molecule is CC(C)[C@H]1CN(c2nc3cc(F)ccc3c(=O)n2-c2ccc(C(F)(F)F)cc2)CCN1C. The molecule has 0 radical (unpaired) electrons. The molecule has 3 aromatic rings. The molecule has 2 heterocycles. The lowest BCUT2D eigenvalue weighted by Crippen LogP contribution is -2.54. The third kappa shape index (κ3) is 4.09. The van der Waals surface area contributed by atoms with Crippen molar-refractivity contribution in [3.8, 4) is 5.69 Å². The summed E-state index contributed by atoms with van der Waals surface area (Å²) in [6, 6.07) is 8.35. The minimum absolute atomic E-state index is 0.199. The molecule has 1 atom stereocenters. The number of anilines is 1. The average molecular weight is 448 g/mol. The van der Waals surface area contributed by atoms with Crippen LogP contribution in [0, 0.1) is 11.7 Å². The van der Waals surface area contributed by atoms with Crippen molar-refractivity contribution in [2.24, 2.45) is 5.92 Å². The van der Waals surface area contributed by atoms with Gasteiger partial charge < -0.3 is 4.90 Å². The van der Waals surface area contributed by atoms with Crippen molar-refractivity contribution in [2.45, 2.75) is 26.1 Å². The highest BCUT2D eigenvalue weighted by molar-refractivity contribution is 5.79. The van der Waals surface area contributed by atoms with Crippen LogP contribution in [0.1, 0.15) is 19.4 Å². The van der Waals surface area contributed by atoms with Gasteiger partial charge in [0, 0.05) is 31.7 Å². The molecule has 32 heavy (non-hydrogen) atoms. The predicted molar refractivity (Wildman–Crippen MR) is 116 cm³/mol. The molecular formula is C23H24F4N4O. The molecule has 9 heteroatoms. The van der Waals surface area contributed by atoms with Crippen LogP contribution < -0.4 is 10.5 Å². The van der Waals surface area contributed by atoms with Gasteiger partial charge in [-0.3, -0.25) is 9.69 Å². The molecule has 0 aliphatic carbocycles. The van der Waals surface area contributed by atoms with E-state index in [1.807, 2.05) is 11.9 Å². The molecule has 1 aromatic heterocycles. The summed E-state index contributed by atoms with van der Waals surface area (Å²) >= 11 is 0. The zero-order chi connectivity index (χ0) is 23.2. The third-order valence-electron chi connectivity index (χ3n) is 6.02. The zero-order valence-corrected chi connectivity index (χ0v) is 18.0. The highest BCUT2D eigenvalue weighted by Crippen LogP contribution is 2.30. The first kappa shape index (κ1) is 22.3. The second-order valence-corrected chi connectivity index (χ2v) is 8.50. The van der Waals surface area contributed by atoms with Gasteiger partial charge in [-0.25, -0.2) is 13.9 Å². The molecule has 4 rings (SSSR count). The molecule has 0 saturated carbocycles. The van der Waals surface area contributed by atoms with Crippen LogP contribution >= 0.6 is 0 Å². The zero-order valence-electron chi connectivity index (χ0n) is 18.0. The van der Waals surface area contributed by atoms with Gasteiger partial charge in [0.2, 0.25) is 5.95 Å². The van der Waals surface area contributed by atoms with Crippen molar-refractivity contribution < 1.29 is 17.6 Å². The first-order valence-corrected chi connectivity index (χ1v) is 10.4. The van der Waals surface area contributed by atoms with Crippen molar-refractivity contribution in [3.63, 3.8) is 0 Å². The Morgan fingerprint density at radius 1 is 1.06 bits per heavy atom. The first-order chi connectivity index (χ1) is 15.1. The van der Waals surface area contributed by atoms with Gasteiger partial charge in [-0.1, -0.05) is 13.8 Å². The van der Waals surface area contributed by atoms with E-state index in [1.54, 1.807) is 0 Å². The Hall–Kier alpha value is -2.94. The number of piperazine rings is 1. The molecule has 0 amide bonds. The molecule has 1 saturated heterocycles. The van der Waals surface area contributed by atoms with Crippen LogP contribution in [0.15, 0.2) is 47.3 Å². The molecular weight excluding hydrogens is 424 g/mol. The van der Waals surface area contributed by atoms with Gasteiger partial charge >= 0.3 is 6.18 Å². The summed E-state index contributed by atoms with van der Waals surface area (Å²) in [6.07, 6.45) is -4.48. The second kappa shape index (κ2) is 8.20. The van der Waals surface area contributed by atoms with Gasteiger partial charge in [-0.05, 0) is 49.4 Å². The molecule has 0 bridgehead atoms. The summed E-state index contributed by atoms with van der Waals surface area (Å²) in [6.45, 7) is 6.11. The van der Waals surface area contributed by atoms with E-state index in [1.165, 1.54) is 34.9 Å². The number of rotatable bonds is 3. The average Bonchev–Trinajstić information content (AvgIpc) is 2.73. The van der Waals surface area contributed by atoms with Crippen LogP contribution in [0.3, 0.4) is 0 Å². The molecule has 5 nitrogen and oxygen atoms in total. The summed E-state index contributed by atoms with van der Waals surface area (Å²) in [7, 11) is 2.04. The lowest BCUT2D eigenvalue weighted by molar-refractivity contribution is -0.137. The maximum Gasteiger partial charge on any atom is 0.416 e. The van der Waals surface area contributed by atoms with E-state index >= 15 is 0 Å². The Morgan fingerprint density at radius 2 is 1.75 bits per heavy atom. The number of fused-ring (bicyclic) bond motifs is 1. The van der Waals surface area contributed by atoms with Crippen molar-refractivity contribution in [1.29, 1.82) is 0 Å². The number of hydrogen-bond acceptors (Lipinski definition) is 4. The number of likely N-dealkylation sites (N-methyl/N-ethyl adjacent to an activating group) is 1. The minimum atomic E-state index is -4.48. The Balaban J connectivity index is 1.90. The normalized spacial score (nSPS) is 18.0. The van der Waals surface area contributed by atoms with E-state index < -0.39 is 23.1 Å². The smallest absolute Gasteiger partial charge is 0.339 e. The quantitative estimate of drug-likeness (QED) is 0.560. The van der Waals surface area contributed by atoms with E-state index in [0.29, 0.717) is 25.0 Å². The van der Waals surface area contributed by atoms with Gasteiger partial charge in [0.15, 0.2) is 0 Å². The topological polar surface area (TPSA) is 41.4 Å². The van der Waals surface area contributed by atoms with Crippen molar-refractivity contribution in [2.75, 3.05) is 31.6 Å². The first-order valence-electron chi connectivity index (χ1n) is 10.4. The van der Waals surface area contributed by atoms with Crippen LogP contribution in [0.5, 0.6) is 0 Å². The van der Waals surface area contributed by atoms with Gasteiger partial charge in [-0.2, -0.15) is 13.2 Å². The van der Waals surface area contributed by atoms with Gasteiger partial charge in [0.1, 0.15) is 5.82 Å². The van der Waals surface area contributed by atoms with E-state index in [0.717, 1.165) is 18.7 Å². The third-order valence-corrected chi connectivity index (χ3v) is 6.02. The molecule has 1 aliphatic rings. The fourth-order valence-electron chi connectivity index (χ4n) is 4.19. The molecule has 2 aromatic carbocycles. The van der Waals surface area contributed by atoms with Crippen LogP contribution in [-0.2, 0) is 6.18 Å². The maximum absolute atomic E-state index is 13.9. The Bertz CT molecular complexity index is 1190. The predicted octanol–water partition coefficient (Wildman–Crippen LogP) is 4.32. The Labute approximate surface area is 182 Å². The van der Waals surface area contributed by atoms with Crippen LogP contribution in [-0.4, -0.2) is 47.2 Å². The minimum Gasteiger partial charge on any atom is -0.339 e. The lowest BCUT2D eigenvalue weighted by Gasteiger charge is -2.42. The van der Waals surface area contributed by atoms with Gasteiger partial charge in [-0.15, -0.1) is 0 Å². The van der Waals surface area contributed by atoms with Crippen molar-refractivity contribution in [1.82, 2.24) is 14.5 Å². The number of benzene rings is 2. The summed E-state index contributed by atoms with van der Waals surface area (Å²) in [4.78, 5) is 22.2. The van der Waals surface area contributed by atoms with Crippen LogP contribution in [0.25, 0.3) is 16.6 Å². The number of halogens is 4. The molecule has 170 valence electrons. The molecule has 1 fully saturated rings. The number of alkyl halides is 3. The van der Waals surface area contributed by atoms with Crippen molar-refractivity contribution in [3.05, 3.63) is 64.2 Å². The largest absolute Gasteiger partial charge is 0.416 e. The summed E-state index contributed by atoms with van der Waals surface area (Å²) < 4.78 is 54.3. The monoisotopic (exact) mass is 448 g/mol. The molecule has 0 spiro atoms. The summed E-state index contributed by atoms with van der Waals surface area (Å²) in [5, 5.41) is 0.199.